The molecule has 0 aliphatic carbocycles. The molecular weight excluding hydrogens is 289 g/mol. The average molecular weight is 313 g/mol. The Morgan fingerprint density at radius 3 is 2.13 bits per heavy atom. The lowest BCUT2D eigenvalue weighted by Gasteiger charge is -2.26. The summed E-state index contributed by atoms with van der Waals surface area (Å²) in [7, 11) is 0. The van der Waals surface area contributed by atoms with E-state index in [0.29, 0.717) is 17.9 Å². The maximum atomic E-state index is 13.0. The van der Waals surface area contributed by atoms with Gasteiger partial charge in [0.1, 0.15) is 5.82 Å². The zero-order valence-corrected chi connectivity index (χ0v) is 14.2. The molecule has 1 N–H and O–H groups in total. The molecule has 0 saturated carbocycles. The molecule has 2 aromatic carbocycles. The number of carbonyl (C=O) groups excluding carboxylic acids is 1. The molecule has 0 heterocycles. The van der Waals surface area contributed by atoms with E-state index in [1.807, 2.05) is 38.1 Å². The molecular formula is C20H24FNO. The first-order valence-electron chi connectivity index (χ1n) is 7.94. The largest absolute Gasteiger partial charge is 0.347 e. The van der Waals surface area contributed by atoms with Gasteiger partial charge in [-0.25, -0.2) is 4.39 Å². The Bertz CT molecular complexity index is 657. The highest BCUT2D eigenvalue weighted by Gasteiger charge is 2.21. The van der Waals surface area contributed by atoms with Gasteiger partial charge in [-0.15, -0.1) is 0 Å². The first kappa shape index (κ1) is 17.2. The molecule has 0 bridgehead atoms. The lowest BCUT2D eigenvalue weighted by Crippen LogP contribution is -2.45. The summed E-state index contributed by atoms with van der Waals surface area (Å²) < 4.78 is 13.0. The Balaban J connectivity index is 2.03. The lowest BCUT2D eigenvalue weighted by atomic mass is 9.94. The molecule has 2 aromatic rings. The van der Waals surface area contributed by atoms with Crippen LogP contribution in [0.1, 0.15) is 55.1 Å². The fourth-order valence-corrected chi connectivity index (χ4v) is 2.56. The van der Waals surface area contributed by atoms with Crippen LogP contribution in [0.25, 0.3) is 0 Å². The zero-order chi connectivity index (χ0) is 17.0. The number of amides is 1. The van der Waals surface area contributed by atoms with E-state index in [0.717, 1.165) is 5.56 Å². The van der Waals surface area contributed by atoms with Crippen LogP contribution in [0.4, 0.5) is 4.39 Å². The highest BCUT2D eigenvalue weighted by atomic mass is 19.1. The topological polar surface area (TPSA) is 29.1 Å². The van der Waals surface area contributed by atoms with Crippen LogP contribution in [0, 0.1) is 5.82 Å². The predicted octanol–water partition coefficient (Wildman–Crippen LogP) is 4.70. The van der Waals surface area contributed by atoms with E-state index in [4.69, 9.17) is 0 Å². The summed E-state index contributed by atoms with van der Waals surface area (Å²) in [6, 6.07) is 14.1. The number of hydrogen-bond acceptors (Lipinski definition) is 1. The quantitative estimate of drug-likeness (QED) is 0.851. The van der Waals surface area contributed by atoms with Crippen molar-refractivity contribution in [2.75, 3.05) is 0 Å². The van der Waals surface area contributed by atoms with Crippen molar-refractivity contribution >= 4 is 5.91 Å². The lowest BCUT2D eigenvalue weighted by molar-refractivity contribution is 0.0913. The van der Waals surface area contributed by atoms with Crippen LogP contribution in [0.5, 0.6) is 0 Å². The van der Waals surface area contributed by atoms with Gasteiger partial charge in [0.25, 0.3) is 5.91 Å². The molecule has 0 radical (unpaired) electrons. The van der Waals surface area contributed by atoms with Crippen LogP contribution in [-0.2, 0) is 6.42 Å². The first-order chi connectivity index (χ1) is 10.8. The SMILES string of the molecule is CC(C)c1ccc(C(=O)NC(C)(C)Cc2ccc(F)cc2)cc1. The van der Waals surface area contributed by atoms with Crippen molar-refractivity contribution < 1.29 is 9.18 Å². The van der Waals surface area contributed by atoms with Crippen molar-refractivity contribution in [1.29, 1.82) is 0 Å². The van der Waals surface area contributed by atoms with Crippen molar-refractivity contribution in [1.82, 2.24) is 5.32 Å². The molecule has 1 amide bonds. The van der Waals surface area contributed by atoms with Gasteiger partial charge in [-0.1, -0.05) is 38.1 Å². The van der Waals surface area contributed by atoms with Crippen LogP contribution in [-0.4, -0.2) is 11.4 Å². The molecule has 2 rings (SSSR count). The second-order valence-corrected chi connectivity index (χ2v) is 6.92. The number of carbonyl (C=O) groups is 1. The second-order valence-electron chi connectivity index (χ2n) is 6.92. The Labute approximate surface area is 137 Å². The molecule has 0 atom stereocenters. The molecule has 2 nitrogen and oxygen atoms in total. The highest BCUT2D eigenvalue weighted by molar-refractivity contribution is 5.94. The Hall–Kier alpha value is -2.16. The molecule has 122 valence electrons. The second kappa shape index (κ2) is 6.95. The fraction of sp³-hybridized carbons (Fsp3) is 0.350. The fourth-order valence-electron chi connectivity index (χ4n) is 2.56. The van der Waals surface area contributed by atoms with Gasteiger partial charge in [0, 0.05) is 11.1 Å². The van der Waals surface area contributed by atoms with Gasteiger partial charge >= 0.3 is 0 Å². The first-order valence-corrected chi connectivity index (χ1v) is 7.94. The van der Waals surface area contributed by atoms with Crippen LogP contribution in [0.2, 0.25) is 0 Å². The van der Waals surface area contributed by atoms with Crippen molar-refractivity contribution in [2.45, 2.75) is 45.6 Å². The van der Waals surface area contributed by atoms with E-state index in [1.165, 1.54) is 17.7 Å². The average Bonchev–Trinajstić information content (AvgIpc) is 2.49. The van der Waals surface area contributed by atoms with Gasteiger partial charge in [0.2, 0.25) is 0 Å². The summed E-state index contributed by atoms with van der Waals surface area (Å²) in [4.78, 5) is 12.4. The minimum absolute atomic E-state index is 0.0904. The third-order valence-electron chi connectivity index (χ3n) is 3.85. The van der Waals surface area contributed by atoms with Crippen molar-refractivity contribution in [3.05, 3.63) is 71.0 Å². The normalized spacial score (nSPS) is 11.6. The van der Waals surface area contributed by atoms with Gasteiger partial charge in [-0.2, -0.15) is 0 Å². The smallest absolute Gasteiger partial charge is 0.251 e. The highest BCUT2D eigenvalue weighted by Crippen LogP contribution is 2.17. The Kier molecular flexibility index (Phi) is 5.19. The van der Waals surface area contributed by atoms with Crippen molar-refractivity contribution in [2.24, 2.45) is 0 Å². The zero-order valence-electron chi connectivity index (χ0n) is 14.2. The Morgan fingerprint density at radius 1 is 1.04 bits per heavy atom. The van der Waals surface area contributed by atoms with Gasteiger partial charge in [0.15, 0.2) is 0 Å². The van der Waals surface area contributed by atoms with E-state index in [2.05, 4.69) is 19.2 Å². The molecule has 3 heteroatoms. The molecule has 0 spiro atoms. The minimum Gasteiger partial charge on any atom is -0.347 e. The van der Waals surface area contributed by atoms with Crippen molar-refractivity contribution in [3.63, 3.8) is 0 Å². The summed E-state index contributed by atoms with van der Waals surface area (Å²) in [5, 5.41) is 3.05. The van der Waals surface area contributed by atoms with Gasteiger partial charge < -0.3 is 5.32 Å². The molecule has 0 aliphatic rings. The van der Waals surface area contributed by atoms with E-state index >= 15 is 0 Å². The molecule has 23 heavy (non-hydrogen) atoms. The van der Waals surface area contributed by atoms with E-state index in [9.17, 15) is 9.18 Å². The predicted molar refractivity (Wildman–Crippen MR) is 92.2 cm³/mol. The van der Waals surface area contributed by atoms with Crippen LogP contribution in [0.3, 0.4) is 0 Å². The van der Waals surface area contributed by atoms with Crippen LogP contribution >= 0.6 is 0 Å². The van der Waals surface area contributed by atoms with Crippen LogP contribution in [0.15, 0.2) is 48.5 Å². The minimum atomic E-state index is -0.411. The van der Waals surface area contributed by atoms with E-state index in [1.54, 1.807) is 12.1 Å². The summed E-state index contributed by atoms with van der Waals surface area (Å²) in [6.07, 6.45) is 0.642. The summed E-state index contributed by atoms with van der Waals surface area (Å²) >= 11 is 0. The monoisotopic (exact) mass is 313 g/mol. The maximum absolute atomic E-state index is 13.0. The summed E-state index contributed by atoms with van der Waals surface area (Å²) in [5.74, 6) is 0.107. The van der Waals surface area contributed by atoms with E-state index < -0.39 is 5.54 Å². The number of nitrogens with one attached hydrogen (secondary N) is 1. The third kappa shape index (κ3) is 4.92. The van der Waals surface area contributed by atoms with Gasteiger partial charge in [-0.05, 0) is 61.6 Å². The molecule has 0 fully saturated rings. The number of halogens is 1. The van der Waals surface area contributed by atoms with Gasteiger partial charge in [0.05, 0.1) is 0 Å². The molecule has 0 unspecified atom stereocenters. The molecule has 0 aliphatic heterocycles. The van der Waals surface area contributed by atoms with E-state index in [-0.39, 0.29) is 11.7 Å². The maximum Gasteiger partial charge on any atom is 0.251 e. The molecule has 0 saturated heterocycles. The third-order valence-corrected chi connectivity index (χ3v) is 3.85. The van der Waals surface area contributed by atoms with Gasteiger partial charge in [-0.3, -0.25) is 4.79 Å². The number of benzene rings is 2. The van der Waals surface area contributed by atoms with Crippen LogP contribution < -0.4 is 5.32 Å². The molecule has 0 aromatic heterocycles. The Morgan fingerprint density at radius 2 is 1.61 bits per heavy atom. The summed E-state index contributed by atoms with van der Waals surface area (Å²) in [6.45, 7) is 8.19. The summed E-state index contributed by atoms with van der Waals surface area (Å²) in [5.41, 5.74) is 2.45. The van der Waals surface area contributed by atoms with Crippen molar-refractivity contribution in [3.8, 4) is 0 Å². The number of rotatable bonds is 5. The standard InChI is InChI=1S/C20H24FNO/c1-14(2)16-7-9-17(10-8-16)19(23)22-20(3,4)13-15-5-11-18(21)12-6-15/h5-12,14H,13H2,1-4H3,(H,22,23). The number of hydrogen-bond donors (Lipinski definition) is 1.